The Bertz CT molecular complexity index is 2280. The number of methoxy groups -OCH3 is 2. The number of H-pyrrole nitrogens is 1. The molecule has 0 spiro atoms. The molecule has 13 heteroatoms. The van der Waals surface area contributed by atoms with Crippen LogP contribution in [-0.2, 0) is 24.2 Å². The molecule has 1 fully saturated rings. The van der Waals surface area contributed by atoms with E-state index in [1.54, 1.807) is 81.8 Å². The van der Waals surface area contributed by atoms with Gasteiger partial charge in [-0.3, -0.25) is 18.9 Å². The fourth-order valence-electron chi connectivity index (χ4n) is 6.66. The third-order valence-electron chi connectivity index (χ3n) is 9.46. The monoisotopic (exact) mass is 776 g/mol. The van der Waals surface area contributed by atoms with Gasteiger partial charge in [0.1, 0.15) is 47.0 Å². The van der Waals surface area contributed by atoms with E-state index in [1.807, 2.05) is 78.9 Å². The van der Waals surface area contributed by atoms with Gasteiger partial charge >= 0.3 is 13.5 Å². The lowest BCUT2D eigenvalue weighted by molar-refractivity contribution is -0.0931. The van der Waals surface area contributed by atoms with Gasteiger partial charge in [-0.15, -0.1) is 0 Å². The molecule has 0 aliphatic carbocycles. The van der Waals surface area contributed by atoms with Crippen molar-refractivity contribution in [1.82, 2.24) is 9.55 Å². The summed E-state index contributed by atoms with van der Waals surface area (Å²) in [6.07, 6.45) is -1.48. The van der Waals surface area contributed by atoms with E-state index in [9.17, 15) is 14.2 Å². The van der Waals surface area contributed by atoms with Crippen LogP contribution in [0.4, 0.5) is 0 Å². The summed E-state index contributed by atoms with van der Waals surface area (Å²) in [7, 11) is -1.26. The van der Waals surface area contributed by atoms with Gasteiger partial charge in [0, 0.05) is 18.2 Å². The van der Waals surface area contributed by atoms with Crippen molar-refractivity contribution < 1.29 is 37.1 Å². The molecule has 2 heterocycles. The first-order valence-corrected chi connectivity index (χ1v) is 19.4. The maximum Gasteiger partial charge on any atom is 0.587 e. The van der Waals surface area contributed by atoms with Gasteiger partial charge in [-0.1, -0.05) is 91.0 Å². The van der Waals surface area contributed by atoms with E-state index in [0.29, 0.717) is 17.1 Å². The van der Waals surface area contributed by atoms with Gasteiger partial charge in [0.2, 0.25) is 0 Å². The van der Waals surface area contributed by atoms with Crippen LogP contribution in [0.25, 0.3) is 0 Å². The molecule has 12 nitrogen and oxygen atoms in total. The number of aryl methyl sites for hydroxylation is 1. The summed E-state index contributed by atoms with van der Waals surface area (Å²) in [6.45, 7) is 1.45. The van der Waals surface area contributed by atoms with E-state index in [2.05, 4.69) is 4.98 Å². The minimum Gasteiger partial charge on any atom is -0.497 e. The number of hydrogen-bond acceptors (Lipinski definition) is 10. The Morgan fingerprint density at radius 3 is 1.68 bits per heavy atom. The van der Waals surface area contributed by atoms with Gasteiger partial charge in [0.25, 0.3) is 5.56 Å². The van der Waals surface area contributed by atoms with Crippen LogP contribution >= 0.6 is 7.82 Å². The van der Waals surface area contributed by atoms with Crippen molar-refractivity contribution >= 4 is 7.82 Å². The van der Waals surface area contributed by atoms with Crippen LogP contribution in [0.5, 0.6) is 23.0 Å². The van der Waals surface area contributed by atoms with Gasteiger partial charge in [0.15, 0.2) is 0 Å². The summed E-state index contributed by atoms with van der Waals surface area (Å²) in [5.74, 6) is 1.83. The highest BCUT2D eigenvalue weighted by Gasteiger charge is 2.47. The fourth-order valence-corrected chi connectivity index (χ4v) is 8.10. The summed E-state index contributed by atoms with van der Waals surface area (Å²) in [4.78, 5) is 27.8. The smallest absolute Gasteiger partial charge is 0.497 e. The van der Waals surface area contributed by atoms with Crippen LogP contribution in [0.3, 0.4) is 0 Å². The van der Waals surface area contributed by atoms with Gasteiger partial charge in [-0.05, 0) is 72.1 Å². The van der Waals surface area contributed by atoms with Crippen LogP contribution in [0.2, 0.25) is 0 Å². The minimum absolute atomic E-state index is 0.0170. The van der Waals surface area contributed by atoms with Crippen LogP contribution in [-0.4, -0.2) is 42.6 Å². The Hall–Kier alpha value is -5.91. The average Bonchev–Trinajstić information content (AvgIpc) is 3.62. The number of aromatic amines is 1. The van der Waals surface area contributed by atoms with Crippen molar-refractivity contribution in [2.75, 3.05) is 20.8 Å². The number of aromatic nitrogens is 2. The maximum absolute atomic E-state index is 14.7. The zero-order valence-electron chi connectivity index (χ0n) is 31.0. The van der Waals surface area contributed by atoms with E-state index in [4.69, 9.17) is 32.5 Å². The van der Waals surface area contributed by atoms with Gasteiger partial charge < -0.3 is 28.0 Å². The second-order valence-corrected chi connectivity index (χ2v) is 14.5. The summed E-state index contributed by atoms with van der Waals surface area (Å²) >= 11 is 0. The van der Waals surface area contributed by atoms with Gasteiger partial charge in [-0.2, -0.15) is 0 Å². The van der Waals surface area contributed by atoms with Crippen molar-refractivity contribution in [2.45, 2.75) is 37.4 Å². The quantitative estimate of drug-likeness (QED) is 0.0813. The minimum atomic E-state index is -4.46. The highest BCUT2D eigenvalue weighted by molar-refractivity contribution is 7.49. The van der Waals surface area contributed by atoms with Crippen LogP contribution < -0.4 is 29.8 Å². The molecule has 0 radical (unpaired) electrons. The number of nitrogens with one attached hydrogen (secondary N) is 1. The summed E-state index contributed by atoms with van der Waals surface area (Å²) < 4.78 is 59.1. The van der Waals surface area contributed by atoms with Crippen molar-refractivity contribution in [1.29, 1.82) is 0 Å². The van der Waals surface area contributed by atoms with Crippen molar-refractivity contribution in [2.24, 2.45) is 0 Å². The first kappa shape index (κ1) is 38.4. The second kappa shape index (κ2) is 16.8. The van der Waals surface area contributed by atoms with E-state index >= 15 is 0 Å². The van der Waals surface area contributed by atoms with E-state index in [-0.39, 0.29) is 24.5 Å². The number of ether oxygens (including phenoxy) is 4. The number of phosphoric acid groups is 1. The molecular formula is C43H41N2O10P. The first-order valence-electron chi connectivity index (χ1n) is 17.9. The summed E-state index contributed by atoms with van der Waals surface area (Å²) in [6, 6.07) is 42.0. The number of phosphoric ester groups is 1. The van der Waals surface area contributed by atoms with Crippen molar-refractivity contribution in [3.05, 3.63) is 189 Å². The molecule has 5 aromatic carbocycles. The number of benzene rings is 5. The zero-order valence-corrected chi connectivity index (χ0v) is 31.9. The van der Waals surface area contributed by atoms with Crippen LogP contribution in [0, 0.1) is 6.92 Å². The molecule has 1 saturated heterocycles. The maximum atomic E-state index is 14.7. The highest BCUT2D eigenvalue weighted by atomic mass is 31.2. The predicted octanol–water partition coefficient (Wildman–Crippen LogP) is 7.81. The van der Waals surface area contributed by atoms with Crippen LogP contribution in [0.15, 0.2) is 155 Å². The zero-order chi connectivity index (χ0) is 39.1. The largest absolute Gasteiger partial charge is 0.587 e. The molecular weight excluding hydrogens is 735 g/mol. The topological polar surface area (TPSA) is 137 Å². The Morgan fingerprint density at radius 1 is 0.696 bits per heavy atom. The number of para-hydroxylation sites is 2. The molecule has 0 bridgehead atoms. The number of nitrogens with zero attached hydrogens (tertiary/aromatic N) is 1. The molecule has 0 saturated carbocycles. The molecule has 1 aromatic heterocycles. The SMILES string of the molecule is COc1ccc(C(OC[C@H]2O[C@@H](n3cc(C)c(=O)[nH]c3=O)C[C@@H]2OP(=O)(Oc2ccccc2)Oc2ccccc2)(c2ccccc2)c2ccc(OC)cc2)cc1. The molecule has 0 unspecified atom stereocenters. The van der Waals surface area contributed by atoms with Crippen molar-refractivity contribution in [3.8, 4) is 23.0 Å². The lowest BCUT2D eigenvalue weighted by Crippen LogP contribution is -2.38. The standard InChI is InChI=1S/C43H41N2O10P/c1-30-28-45(42(47)44-41(30)46)40-27-38(55-56(48,53-36-15-9-5-10-16-36)54-37-17-11-6-12-18-37)39(52-40)29-51-43(31-13-7-4-8-14-31,32-19-23-34(49-2)24-20-32)33-21-25-35(50-3)26-22-33/h4-26,28,38-40H,27,29H2,1-3H3,(H,44,46,47)/t38-,39+,40+/m0/s1. The molecule has 1 aliphatic heterocycles. The lowest BCUT2D eigenvalue weighted by atomic mass is 9.80. The number of rotatable bonds is 15. The number of hydrogen-bond donors (Lipinski definition) is 1. The Morgan fingerprint density at radius 2 is 1.18 bits per heavy atom. The fraction of sp³-hybridized carbons (Fsp3) is 0.209. The Kier molecular flexibility index (Phi) is 11.5. The Labute approximate surface area is 323 Å². The molecule has 7 rings (SSSR count). The molecule has 0 amide bonds. The van der Waals surface area contributed by atoms with E-state index < -0.39 is 43.1 Å². The normalized spacial score (nSPS) is 16.9. The predicted molar refractivity (Wildman–Crippen MR) is 209 cm³/mol. The average molecular weight is 777 g/mol. The Balaban J connectivity index is 1.31. The van der Waals surface area contributed by atoms with E-state index in [1.165, 1.54) is 10.8 Å². The molecule has 288 valence electrons. The van der Waals surface area contributed by atoms with Crippen LogP contribution in [0.1, 0.15) is 34.9 Å². The third kappa shape index (κ3) is 8.34. The molecule has 3 atom stereocenters. The molecule has 56 heavy (non-hydrogen) atoms. The summed E-state index contributed by atoms with van der Waals surface area (Å²) in [5, 5.41) is 0. The third-order valence-corrected chi connectivity index (χ3v) is 10.9. The molecule has 6 aromatic rings. The second-order valence-electron chi connectivity index (χ2n) is 13.1. The highest BCUT2D eigenvalue weighted by Crippen LogP contribution is 2.53. The van der Waals surface area contributed by atoms with Crippen molar-refractivity contribution in [3.63, 3.8) is 0 Å². The first-order chi connectivity index (χ1) is 27.2. The molecule has 1 aliphatic rings. The lowest BCUT2D eigenvalue weighted by Gasteiger charge is -2.37. The van der Waals surface area contributed by atoms with E-state index in [0.717, 1.165) is 16.7 Å². The summed E-state index contributed by atoms with van der Waals surface area (Å²) in [5.41, 5.74) is 0.241. The van der Waals surface area contributed by atoms with Gasteiger partial charge in [0.05, 0.1) is 20.8 Å². The van der Waals surface area contributed by atoms with Gasteiger partial charge in [-0.25, -0.2) is 9.36 Å². The molecule has 1 N–H and O–H groups in total.